The minimum absolute atomic E-state index is 0.0795. The van der Waals surface area contributed by atoms with Gasteiger partial charge in [0.2, 0.25) is 0 Å². The normalized spacial score (nSPS) is 18.3. The first-order valence-corrected chi connectivity index (χ1v) is 13.7. The molecule has 2 aliphatic heterocycles. The minimum Gasteiger partial charge on any atom is -0.414 e. The number of amides is 1. The number of aryl methyl sites for hydroxylation is 2. The molecule has 0 unspecified atom stereocenters. The predicted molar refractivity (Wildman–Crippen MR) is 146 cm³/mol. The van der Waals surface area contributed by atoms with E-state index < -0.39 is 5.54 Å². The first-order chi connectivity index (χ1) is 16.6. The summed E-state index contributed by atoms with van der Waals surface area (Å²) in [5.74, 6) is 0.971. The summed E-state index contributed by atoms with van der Waals surface area (Å²) in [5, 5.41) is 5.02. The summed E-state index contributed by atoms with van der Waals surface area (Å²) >= 11 is 0. The quantitative estimate of drug-likeness (QED) is 0.273. The summed E-state index contributed by atoms with van der Waals surface area (Å²) in [6, 6.07) is 4.55. The summed E-state index contributed by atoms with van der Waals surface area (Å²) in [6.07, 6.45) is 15.0. The van der Waals surface area contributed by atoms with Crippen LogP contribution in [0.3, 0.4) is 0 Å². The first-order valence-electron chi connectivity index (χ1n) is 13.7. The van der Waals surface area contributed by atoms with Gasteiger partial charge in [-0.15, -0.1) is 5.06 Å². The molecule has 0 radical (unpaired) electrons. The van der Waals surface area contributed by atoms with Crippen LogP contribution in [0.1, 0.15) is 114 Å². The van der Waals surface area contributed by atoms with Gasteiger partial charge in [-0.05, 0) is 66.9 Å². The number of amidine groups is 1. The lowest BCUT2D eigenvalue weighted by Gasteiger charge is -2.33. The van der Waals surface area contributed by atoms with Crippen molar-refractivity contribution in [3.05, 3.63) is 40.6 Å². The van der Waals surface area contributed by atoms with Crippen LogP contribution in [0.25, 0.3) is 6.08 Å². The van der Waals surface area contributed by atoms with E-state index >= 15 is 0 Å². The number of nitrogens with zero attached hydrogens (tertiary/aromatic N) is 2. The Balaban J connectivity index is 1.46. The molecule has 0 aromatic heterocycles. The standard InChI is InChI=1S/C30H47N3O2/c1-7-8-9-10-11-12-13-14-27-31-28(34)30(32-27)16-18-33(19-17-30)35-20-15-26-23(2)21-25(22-24(26)3)29(4,5)6/h15,20-22H,7-14,16-19H2,1-6H3,(H,31,32,34)/b20-15+. The summed E-state index contributed by atoms with van der Waals surface area (Å²) in [4.78, 5) is 23.6. The lowest BCUT2D eigenvalue weighted by atomic mass is 9.84. The number of nitrogens with one attached hydrogen (secondary N) is 1. The summed E-state index contributed by atoms with van der Waals surface area (Å²) in [5.41, 5.74) is 4.64. The van der Waals surface area contributed by atoms with Crippen LogP contribution in [0.4, 0.5) is 0 Å². The van der Waals surface area contributed by atoms with Gasteiger partial charge in [-0.3, -0.25) is 9.79 Å². The number of carbonyl (C=O) groups excluding carboxylic acids is 1. The van der Waals surface area contributed by atoms with E-state index in [1.165, 1.54) is 60.8 Å². The van der Waals surface area contributed by atoms with Crippen molar-refractivity contribution < 1.29 is 9.63 Å². The van der Waals surface area contributed by atoms with E-state index in [-0.39, 0.29) is 11.3 Å². The maximum Gasteiger partial charge on any atom is 0.253 e. The molecule has 194 valence electrons. The highest BCUT2D eigenvalue weighted by molar-refractivity contribution is 6.08. The summed E-state index contributed by atoms with van der Waals surface area (Å²) < 4.78 is 0. The molecule has 1 saturated heterocycles. The Labute approximate surface area is 213 Å². The van der Waals surface area contributed by atoms with E-state index in [4.69, 9.17) is 9.83 Å². The molecule has 1 spiro atoms. The van der Waals surface area contributed by atoms with Gasteiger partial charge in [-0.1, -0.05) is 78.4 Å². The van der Waals surface area contributed by atoms with E-state index in [2.05, 4.69) is 65.1 Å². The van der Waals surface area contributed by atoms with Crippen molar-refractivity contribution in [2.75, 3.05) is 13.1 Å². The largest absolute Gasteiger partial charge is 0.414 e. The Morgan fingerprint density at radius 2 is 1.63 bits per heavy atom. The smallest absolute Gasteiger partial charge is 0.253 e. The number of hydrogen-bond donors (Lipinski definition) is 1. The second kappa shape index (κ2) is 12.2. The van der Waals surface area contributed by atoms with Crippen molar-refractivity contribution in [2.45, 2.75) is 117 Å². The lowest BCUT2D eigenvalue weighted by Crippen LogP contribution is -2.48. The highest BCUT2D eigenvalue weighted by atomic mass is 16.7. The Morgan fingerprint density at radius 1 is 1.03 bits per heavy atom. The van der Waals surface area contributed by atoms with Crippen molar-refractivity contribution in [3.63, 3.8) is 0 Å². The molecule has 1 aromatic carbocycles. The molecule has 0 atom stereocenters. The number of hydrogen-bond acceptors (Lipinski definition) is 4. The number of rotatable bonds is 11. The maximum absolute atomic E-state index is 12.7. The fraction of sp³-hybridized carbons (Fsp3) is 0.667. The third-order valence-corrected chi connectivity index (χ3v) is 7.50. The monoisotopic (exact) mass is 481 g/mol. The van der Waals surface area contributed by atoms with Gasteiger partial charge in [0, 0.05) is 19.5 Å². The third kappa shape index (κ3) is 7.42. The molecule has 5 heteroatoms. The molecule has 2 heterocycles. The molecule has 0 saturated carbocycles. The Morgan fingerprint density at radius 3 is 2.23 bits per heavy atom. The number of hydroxylamine groups is 2. The van der Waals surface area contributed by atoms with E-state index in [0.717, 1.165) is 18.7 Å². The number of carbonyl (C=O) groups is 1. The van der Waals surface area contributed by atoms with Crippen molar-refractivity contribution >= 4 is 17.8 Å². The number of benzene rings is 1. The molecule has 2 aliphatic rings. The Hall–Kier alpha value is -2.14. The van der Waals surface area contributed by atoms with Gasteiger partial charge in [0.15, 0.2) is 0 Å². The van der Waals surface area contributed by atoms with E-state index in [1.54, 1.807) is 6.26 Å². The molecule has 1 aromatic rings. The molecule has 1 amide bonds. The van der Waals surface area contributed by atoms with Crippen LogP contribution < -0.4 is 5.32 Å². The summed E-state index contributed by atoms with van der Waals surface area (Å²) in [7, 11) is 0. The molecule has 0 bridgehead atoms. The zero-order chi connectivity index (χ0) is 25.5. The molecule has 5 nitrogen and oxygen atoms in total. The second-order valence-corrected chi connectivity index (χ2v) is 11.5. The van der Waals surface area contributed by atoms with E-state index in [0.29, 0.717) is 25.9 Å². The Bertz CT molecular complexity index is 895. The molecular formula is C30H47N3O2. The average Bonchev–Trinajstić information content (AvgIpc) is 3.10. The van der Waals surface area contributed by atoms with Gasteiger partial charge in [0.1, 0.15) is 17.6 Å². The van der Waals surface area contributed by atoms with Crippen LogP contribution in [0.2, 0.25) is 0 Å². The summed E-state index contributed by atoms with van der Waals surface area (Å²) in [6.45, 7) is 14.7. The number of unbranched alkanes of at least 4 members (excludes halogenated alkanes) is 6. The van der Waals surface area contributed by atoms with Crippen LogP contribution in [0.5, 0.6) is 0 Å². The van der Waals surface area contributed by atoms with Crippen LogP contribution in [-0.4, -0.2) is 35.4 Å². The zero-order valence-corrected chi connectivity index (χ0v) is 23.0. The molecule has 0 aliphatic carbocycles. The third-order valence-electron chi connectivity index (χ3n) is 7.50. The van der Waals surface area contributed by atoms with Crippen molar-refractivity contribution in [2.24, 2.45) is 4.99 Å². The average molecular weight is 482 g/mol. The van der Waals surface area contributed by atoms with Crippen LogP contribution in [0, 0.1) is 13.8 Å². The van der Waals surface area contributed by atoms with Gasteiger partial charge in [-0.2, -0.15) is 0 Å². The van der Waals surface area contributed by atoms with Crippen LogP contribution in [-0.2, 0) is 15.0 Å². The first kappa shape index (κ1) is 27.4. The van der Waals surface area contributed by atoms with Crippen molar-refractivity contribution in [1.29, 1.82) is 0 Å². The molecule has 3 rings (SSSR count). The molecule has 1 N–H and O–H groups in total. The number of aliphatic imine (C=N–C) groups is 1. The van der Waals surface area contributed by atoms with Crippen LogP contribution >= 0.6 is 0 Å². The zero-order valence-electron chi connectivity index (χ0n) is 23.0. The molecular weight excluding hydrogens is 434 g/mol. The van der Waals surface area contributed by atoms with Gasteiger partial charge < -0.3 is 10.2 Å². The fourth-order valence-electron chi connectivity index (χ4n) is 5.11. The van der Waals surface area contributed by atoms with E-state index in [9.17, 15) is 4.79 Å². The SMILES string of the molecule is CCCCCCCCCC1=NC2(CCN(O/C=C/c3c(C)cc(C(C)(C)C)cc3C)CC2)C(=O)N1. The Kier molecular flexibility index (Phi) is 9.57. The maximum atomic E-state index is 12.7. The molecule has 1 fully saturated rings. The fourth-order valence-corrected chi connectivity index (χ4v) is 5.11. The van der Waals surface area contributed by atoms with Gasteiger partial charge >= 0.3 is 0 Å². The lowest BCUT2D eigenvalue weighted by molar-refractivity contribution is -0.139. The van der Waals surface area contributed by atoms with Crippen molar-refractivity contribution in [3.8, 4) is 0 Å². The van der Waals surface area contributed by atoms with Gasteiger partial charge in [0.05, 0.1) is 0 Å². The van der Waals surface area contributed by atoms with Crippen molar-refractivity contribution in [1.82, 2.24) is 10.4 Å². The van der Waals surface area contributed by atoms with Crippen LogP contribution in [0.15, 0.2) is 23.4 Å². The topological polar surface area (TPSA) is 53.9 Å². The van der Waals surface area contributed by atoms with Gasteiger partial charge in [-0.25, -0.2) is 0 Å². The second-order valence-electron chi connectivity index (χ2n) is 11.5. The predicted octanol–water partition coefficient (Wildman–Crippen LogP) is 7.01. The van der Waals surface area contributed by atoms with Gasteiger partial charge in [0.25, 0.3) is 5.91 Å². The van der Waals surface area contributed by atoms with E-state index in [1.807, 2.05) is 5.06 Å². The highest BCUT2D eigenvalue weighted by Crippen LogP contribution is 2.31. The highest BCUT2D eigenvalue weighted by Gasteiger charge is 2.45. The minimum atomic E-state index is -0.587. The molecule has 35 heavy (non-hydrogen) atoms. The number of piperidine rings is 1.